The van der Waals surface area contributed by atoms with Gasteiger partial charge in [0.05, 0.1) is 24.7 Å². The fourth-order valence-electron chi connectivity index (χ4n) is 1.55. The average Bonchev–Trinajstić information content (AvgIpc) is 2.46. The first-order valence-electron chi connectivity index (χ1n) is 6.24. The molecule has 7 heteroatoms. The Hall–Kier alpha value is -2.88. The molecule has 0 aliphatic heterocycles. The largest absolute Gasteiger partial charge is 0.466 e. The Labute approximate surface area is 121 Å². The molecule has 2 amide bonds. The van der Waals surface area contributed by atoms with Gasteiger partial charge in [0.15, 0.2) is 0 Å². The predicted molar refractivity (Wildman–Crippen MR) is 72.9 cm³/mol. The number of benzene rings is 1. The molecule has 1 rings (SSSR count). The molecular weight excluding hydrogens is 274 g/mol. The van der Waals surface area contributed by atoms with Crippen LogP contribution in [-0.4, -0.2) is 30.4 Å². The maximum absolute atomic E-state index is 11.9. The van der Waals surface area contributed by atoms with Gasteiger partial charge < -0.3 is 15.8 Å². The summed E-state index contributed by atoms with van der Waals surface area (Å²) in [4.78, 5) is 34.5. The quantitative estimate of drug-likeness (QED) is 0.719. The zero-order chi connectivity index (χ0) is 15.8. The van der Waals surface area contributed by atoms with Crippen LogP contribution in [0.5, 0.6) is 0 Å². The summed E-state index contributed by atoms with van der Waals surface area (Å²) in [7, 11) is 0. The van der Waals surface area contributed by atoms with Gasteiger partial charge in [-0.2, -0.15) is 5.26 Å². The van der Waals surface area contributed by atoms with E-state index in [-0.39, 0.29) is 18.6 Å². The standard InChI is InChI=1S/C14H15N3O4/c1-2-21-12(18)7-11(13(16)19)17-14(20)10-5-3-9(8-15)4-6-10/h3-6,11H,2,7H2,1H3,(H2,16,19)(H,17,20)/t11-/m0/s1. The molecule has 3 N–H and O–H groups in total. The van der Waals surface area contributed by atoms with Crippen LogP contribution in [0.1, 0.15) is 29.3 Å². The monoisotopic (exact) mass is 289 g/mol. The molecule has 0 saturated carbocycles. The number of ether oxygens (including phenoxy) is 1. The Morgan fingerprint density at radius 1 is 1.33 bits per heavy atom. The number of carbonyl (C=O) groups is 3. The zero-order valence-electron chi connectivity index (χ0n) is 11.5. The summed E-state index contributed by atoms with van der Waals surface area (Å²) < 4.78 is 4.71. The number of nitriles is 1. The number of nitrogens with two attached hydrogens (primary N) is 1. The van der Waals surface area contributed by atoms with Crippen molar-refractivity contribution in [3.8, 4) is 6.07 Å². The summed E-state index contributed by atoms with van der Waals surface area (Å²) in [6.45, 7) is 1.81. The van der Waals surface area contributed by atoms with Crippen LogP contribution in [0.2, 0.25) is 0 Å². The molecule has 110 valence electrons. The van der Waals surface area contributed by atoms with Crippen LogP contribution in [0.4, 0.5) is 0 Å². The molecule has 0 saturated heterocycles. The fourth-order valence-corrected chi connectivity index (χ4v) is 1.55. The van der Waals surface area contributed by atoms with Crippen molar-refractivity contribution in [2.24, 2.45) is 5.73 Å². The zero-order valence-corrected chi connectivity index (χ0v) is 11.5. The van der Waals surface area contributed by atoms with Crippen LogP contribution < -0.4 is 11.1 Å². The van der Waals surface area contributed by atoms with E-state index in [0.717, 1.165) is 0 Å². The van der Waals surface area contributed by atoms with E-state index in [4.69, 9.17) is 15.7 Å². The highest BCUT2D eigenvalue weighted by Crippen LogP contribution is 2.04. The van der Waals surface area contributed by atoms with E-state index in [1.807, 2.05) is 6.07 Å². The Morgan fingerprint density at radius 3 is 2.43 bits per heavy atom. The minimum Gasteiger partial charge on any atom is -0.466 e. The van der Waals surface area contributed by atoms with Crippen molar-refractivity contribution in [3.05, 3.63) is 35.4 Å². The summed E-state index contributed by atoms with van der Waals surface area (Å²) in [6.07, 6.45) is -0.328. The second kappa shape index (κ2) is 7.65. The third-order valence-electron chi connectivity index (χ3n) is 2.60. The van der Waals surface area contributed by atoms with E-state index in [9.17, 15) is 14.4 Å². The van der Waals surface area contributed by atoms with Crippen molar-refractivity contribution in [2.45, 2.75) is 19.4 Å². The number of carbonyl (C=O) groups excluding carboxylic acids is 3. The number of rotatable bonds is 6. The van der Waals surface area contributed by atoms with Gasteiger partial charge in [-0.15, -0.1) is 0 Å². The predicted octanol–water partition coefficient (Wildman–Crippen LogP) is 0.0952. The number of nitrogens with one attached hydrogen (secondary N) is 1. The Bertz CT molecular complexity index is 575. The van der Waals surface area contributed by atoms with Crippen LogP contribution in [-0.2, 0) is 14.3 Å². The van der Waals surface area contributed by atoms with Crippen LogP contribution in [0.3, 0.4) is 0 Å². The Kier molecular flexibility index (Phi) is 5.89. The van der Waals surface area contributed by atoms with Gasteiger partial charge in [-0.25, -0.2) is 0 Å². The molecule has 1 aromatic carbocycles. The van der Waals surface area contributed by atoms with Crippen LogP contribution in [0, 0.1) is 11.3 Å². The lowest BCUT2D eigenvalue weighted by atomic mass is 10.1. The molecular formula is C14H15N3O4. The number of hydrogen-bond acceptors (Lipinski definition) is 5. The molecule has 0 radical (unpaired) electrons. The van der Waals surface area contributed by atoms with E-state index in [0.29, 0.717) is 5.56 Å². The van der Waals surface area contributed by atoms with Gasteiger partial charge >= 0.3 is 5.97 Å². The molecule has 7 nitrogen and oxygen atoms in total. The lowest BCUT2D eigenvalue weighted by Gasteiger charge is -2.14. The highest BCUT2D eigenvalue weighted by atomic mass is 16.5. The van der Waals surface area contributed by atoms with Crippen molar-refractivity contribution in [1.29, 1.82) is 5.26 Å². The number of nitrogens with zero attached hydrogens (tertiary/aromatic N) is 1. The second-order valence-electron chi connectivity index (χ2n) is 4.13. The van der Waals surface area contributed by atoms with E-state index >= 15 is 0 Å². The highest BCUT2D eigenvalue weighted by Gasteiger charge is 2.22. The Morgan fingerprint density at radius 2 is 1.95 bits per heavy atom. The van der Waals surface area contributed by atoms with Gasteiger partial charge in [-0.1, -0.05) is 0 Å². The maximum Gasteiger partial charge on any atom is 0.308 e. The summed E-state index contributed by atoms with van der Waals surface area (Å²) in [5, 5.41) is 11.0. The summed E-state index contributed by atoms with van der Waals surface area (Å²) in [5.41, 5.74) is 5.81. The van der Waals surface area contributed by atoms with Gasteiger partial charge in [0.25, 0.3) is 5.91 Å². The van der Waals surface area contributed by atoms with Crippen molar-refractivity contribution in [3.63, 3.8) is 0 Å². The molecule has 0 bridgehead atoms. The van der Waals surface area contributed by atoms with E-state index < -0.39 is 23.8 Å². The molecule has 0 fully saturated rings. The summed E-state index contributed by atoms with van der Waals surface area (Å²) in [6, 6.07) is 6.60. The lowest BCUT2D eigenvalue weighted by Crippen LogP contribution is -2.45. The van der Waals surface area contributed by atoms with Crippen LogP contribution in [0.25, 0.3) is 0 Å². The van der Waals surface area contributed by atoms with Gasteiger partial charge in [0.2, 0.25) is 5.91 Å². The number of primary amides is 1. The topological polar surface area (TPSA) is 122 Å². The SMILES string of the molecule is CCOC(=O)C[C@H](NC(=O)c1ccc(C#N)cc1)C(N)=O. The minimum absolute atomic E-state index is 0.174. The van der Waals surface area contributed by atoms with Crippen molar-refractivity contribution in [1.82, 2.24) is 5.32 Å². The molecule has 0 aliphatic rings. The van der Waals surface area contributed by atoms with Gasteiger partial charge in [0.1, 0.15) is 6.04 Å². The molecule has 0 aliphatic carbocycles. The number of amides is 2. The molecule has 1 atom stereocenters. The molecule has 1 aromatic rings. The fraction of sp³-hybridized carbons (Fsp3) is 0.286. The second-order valence-corrected chi connectivity index (χ2v) is 4.13. The van der Waals surface area contributed by atoms with Crippen molar-refractivity contribution < 1.29 is 19.1 Å². The van der Waals surface area contributed by atoms with Crippen molar-refractivity contribution >= 4 is 17.8 Å². The maximum atomic E-state index is 11.9. The molecule has 0 spiro atoms. The summed E-state index contributed by atoms with van der Waals surface area (Å²) >= 11 is 0. The van der Waals surface area contributed by atoms with Gasteiger partial charge in [-0.05, 0) is 31.2 Å². The molecule has 0 aromatic heterocycles. The van der Waals surface area contributed by atoms with E-state index in [1.165, 1.54) is 24.3 Å². The highest BCUT2D eigenvalue weighted by molar-refractivity contribution is 5.98. The average molecular weight is 289 g/mol. The van der Waals surface area contributed by atoms with Gasteiger partial charge in [0, 0.05) is 5.56 Å². The smallest absolute Gasteiger partial charge is 0.308 e. The first-order valence-corrected chi connectivity index (χ1v) is 6.24. The first kappa shape index (κ1) is 16.2. The minimum atomic E-state index is -1.15. The third-order valence-corrected chi connectivity index (χ3v) is 2.60. The van der Waals surface area contributed by atoms with E-state index in [1.54, 1.807) is 6.92 Å². The van der Waals surface area contributed by atoms with Crippen LogP contribution in [0.15, 0.2) is 24.3 Å². The molecule has 21 heavy (non-hydrogen) atoms. The van der Waals surface area contributed by atoms with Crippen LogP contribution >= 0.6 is 0 Å². The van der Waals surface area contributed by atoms with Gasteiger partial charge in [-0.3, -0.25) is 14.4 Å². The Balaban J connectivity index is 2.74. The van der Waals surface area contributed by atoms with Crippen molar-refractivity contribution in [2.75, 3.05) is 6.61 Å². The normalized spacial score (nSPS) is 11.0. The number of esters is 1. The number of hydrogen-bond donors (Lipinski definition) is 2. The molecule has 0 heterocycles. The molecule has 0 unspecified atom stereocenters. The lowest BCUT2D eigenvalue weighted by molar-refractivity contribution is -0.145. The third kappa shape index (κ3) is 4.95. The van der Waals surface area contributed by atoms with E-state index in [2.05, 4.69) is 5.32 Å². The first-order chi connectivity index (χ1) is 9.97. The summed E-state index contributed by atoms with van der Waals surface area (Å²) in [5.74, 6) is -2.01.